The van der Waals surface area contributed by atoms with Crippen LogP contribution in [0.3, 0.4) is 0 Å². The van der Waals surface area contributed by atoms with E-state index in [2.05, 4.69) is 21.6 Å². The van der Waals surface area contributed by atoms with Crippen LogP contribution in [0.15, 0.2) is 48.8 Å². The number of aromatic nitrogens is 4. The lowest BCUT2D eigenvalue weighted by molar-refractivity contribution is 0.0777. The first-order valence-electron chi connectivity index (χ1n) is 10.6. The van der Waals surface area contributed by atoms with Crippen molar-refractivity contribution in [1.82, 2.24) is 24.6 Å². The van der Waals surface area contributed by atoms with Crippen molar-refractivity contribution in [3.63, 3.8) is 0 Å². The molecule has 1 amide bonds. The molecule has 3 aromatic rings. The average Bonchev–Trinajstić information content (AvgIpc) is 3.54. The fraction of sp³-hybridized carbons (Fsp3) is 0.333. The molecule has 4 rings (SSSR count). The van der Waals surface area contributed by atoms with Gasteiger partial charge in [-0.2, -0.15) is 5.10 Å². The van der Waals surface area contributed by atoms with E-state index >= 15 is 0 Å². The normalized spacial score (nSPS) is 13.1. The maximum Gasteiger partial charge on any atom is 0.257 e. The lowest BCUT2D eigenvalue weighted by Gasteiger charge is -2.21. The highest BCUT2D eigenvalue weighted by Gasteiger charge is 2.34. The van der Waals surface area contributed by atoms with Gasteiger partial charge in [0, 0.05) is 30.8 Å². The summed E-state index contributed by atoms with van der Waals surface area (Å²) in [6.07, 6.45) is 5.18. The molecule has 0 saturated heterocycles. The van der Waals surface area contributed by atoms with Crippen LogP contribution >= 0.6 is 0 Å². The maximum atomic E-state index is 14.2. The smallest absolute Gasteiger partial charge is 0.257 e. The molecule has 2 heterocycles. The van der Waals surface area contributed by atoms with Gasteiger partial charge in [-0.3, -0.25) is 4.79 Å². The number of amides is 1. The van der Waals surface area contributed by atoms with Gasteiger partial charge in [0.2, 0.25) is 0 Å². The Balaban J connectivity index is 1.72. The monoisotopic (exact) mass is 435 g/mol. The van der Waals surface area contributed by atoms with Crippen molar-refractivity contribution >= 4 is 5.91 Å². The van der Waals surface area contributed by atoms with Crippen LogP contribution in [-0.2, 0) is 0 Å². The molecule has 8 heteroatoms. The Morgan fingerprint density at radius 3 is 2.75 bits per heavy atom. The van der Waals surface area contributed by atoms with Crippen LogP contribution in [0.5, 0.6) is 5.75 Å². The molecule has 1 aliphatic carbocycles. The second-order valence-electron chi connectivity index (χ2n) is 8.00. The summed E-state index contributed by atoms with van der Waals surface area (Å²) in [7, 11) is 1.42. The van der Waals surface area contributed by atoms with Gasteiger partial charge in [-0.1, -0.05) is 12.2 Å². The Hall–Kier alpha value is -3.55. The summed E-state index contributed by atoms with van der Waals surface area (Å²) in [5.41, 5.74) is 3.47. The lowest BCUT2D eigenvalue weighted by atomic mass is 10.1. The highest BCUT2D eigenvalue weighted by Crippen LogP contribution is 2.42. The van der Waals surface area contributed by atoms with Crippen LogP contribution in [0.4, 0.5) is 4.39 Å². The van der Waals surface area contributed by atoms with Crippen LogP contribution in [-0.4, -0.2) is 50.8 Å². The molecule has 0 bridgehead atoms. The van der Waals surface area contributed by atoms with Gasteiger partial charge in [0.1, 0.15) is 0 Å². The molecule has 0 atom stereocenters. The minimum absolute atomic E-state index is 0.0722. The first-order chi connectivity index (χ1) is 15.4. The summed E-state index contributed by atoms with van der Waals surface area (Å²) in [6.45, 7) is 8.86. The fourth-order valence-corrected chi connectivity index (χ4v) is 3.69. The molecule has 166 valence electrons. The number of methoxy groups -OCH3 is 1. The fourth-order valence-electron chi connectivity index (χ4n) is 3.69. The number of hydrogen-bond acceptors (Lipinski definition) is 5. The van der Waals surface area contributed by atoms with Crippen molar-refractivity contribution in [1.29, 1.82) is 0 Å². The largest absolute Gasteiger partial charge is 0.494 e. The highest BCUT2D eigenvalue weighted by molar-refractivity contribution is 5.95. The third-order valence-electron chi connectivity index (χ3n) is 5.41. The third-order valence-corrected chi connectivity index (χ3v) is 5.41. The van der Waals surface area contributed by atoms with Gasteiger partial charge in [0.15, 0.2) is 11.6 Å². The predicted octanol–water partition coefficient (Wildman–Crippen LogP) is 4.39. The van der Waals surface area contributed by atoms with E-state index in [1.54, 1.807) is 40.2 Å². The zero-order valence-electron chi connectivity index (χ0n) is 18.5. The topological polar surface area (TPSA) is 73.1 Å². The molecule has 2 aromatic heterocycles. The van der Waals surface area contributed by atoms with E-state index in [0.29, 0.717) is 35.9 Å². The summed E-state index contributed by atoms with van der Waals surface area (Å²) in [5, 5.41) is 4.47. The molecular weight excluding hydrogens is 409 g/mol. The van der Waals surface area contributed by atoms with E-state index in [-0.39, 0.29) is 17.6 Å². The summed E-state index contributed by atoms with van der Waals surface area (Å²) < 4.78 is 20.8. The molecule has 0 radical (unpaired) electrons. The molecule has 1 aromatic carbocycles. The molecule has 1 saturated carbocycles. The Morgan fingerprint density at radius 1 is 1.34 bits per heavy atom. The number of carbonyl (C=O) groups is 1. The number of ether oxygens (including phenoxy) is 1. The van der Waals surface area contributed by atoms with E-state index in [4.69, 9.17) is 4.74 Å². The number of halogens is 1. The first-order valence-corrected chi connectivity index (χ1v) is 10.6. The van der Waals surface area contributed by atoms with E-state index in [1.165, 1.54) is 13.2 Å². The predicted molar refractivity (Wildman–Crippen MR) is 119 cm³/mol. The zero-order chi connectivity index (χ0) is 22.8. The van der Waals surface area contributed by atoms with Gasteiger partial charge in [-0.15, -0.1) is 0 Å². The average molecular weight is 436 g/mol. The molecule has 0 unspecified atom stereocenters. The van der Waals surface area contributed by atoms with E-state index in [1.807, 2.05) is 13.8 Å². The van der Waals surface area contributed by atoms with Crippen LogP contribution in [0, 0.1) is 5.82 Å². The molecule has 0 N–H and O–H groups in total. The Labute approximate surface area is 186 Å². The first kappa shape index (κ1) is 21.7. The van der Waals surface area contributed by atoms with Crippen LogP contribution in [0.1, 0.15) is 48.7 Å². The summed E-state index contributed by atoms with van der Waals surface area (Å²) >= 11 is 0. The number of nitrogens with zero attached hydrogens (tertiary/aromatic N) is 5. The standard InChI is InChI=1S/C24H26FN5O2/c1-5-29(14-15(2)3)23(31)18-13-27-30(22(18)16-6-7-16)24-26-11-10-20(28-24)17-8-9-21(32-4)19(25)12-17/h8-13,16H,2,5-7,14H2,1,3-4H3. The zero-order valence-corrected chi connectivity index (χ0v) is 18.5. The van der Waals surface area contributed by atoms with Crippen LogP contribution < -0.4 is 4.74 Å². The highest BCUT2D eigenvalue weighted by atomic mass is 19.1. The van der Waals surface area contributed by atoms with Crippen molar-refractivity contribution in [2.24, 2.45) is 0 Å². The summed E-state index contributed by atoms with van der Waals surface area (Å²) in [4.78, 5) is 24.0. The molecule has 1 fully saturated rings. The van der Waals surface area contributed by atoms with Crippen molar-refractivity contribution < 1.29 is 13.9 Å². The van der Waals surface area contributed by atoms with Gasteiger partial charge in [0.25, 0.3) is 11.9 Å². The minimum Gasteiger partial charge on any atom is -0.494 e. The van der Waals surface area contributed by atoms with Crippen LogP contribution in [0.25, 0.3) is 17.2 Å². The molecular formula is C24H26FN5O2. The third kappa shape index (κ3) is 4.26. The van der Waals surface area contributed by atoms with Gasteiger partial charge in [0.05, 0.1) is 30.3 Å². The molecule has 0 spiro atoms. The molecule has 7 nitrogen and oxygen atoms in total. The number of benzene rings is 1. The second-order valence-corrected chi connectivity index (χ2v) is 8.00. The van der Waals surface area contributed by atoms with Gasteiger partial charge < -0.3 is 9.64 Å². The SMILES string of the molecule is C=C(C)CN(CC)C(=O)c1cnn(-c2nccc(-c3ccc(OC)c(F)c3)n2)c1C1CC1. The molecule has 1 aliphatic rings. The quantitative estimate of drug-likeness (QED) is 0.491. The number of hydrogen-bond donors (Lipinski definition) is 0. The van der Waals surface area contributed by atoms with Crippen molar-refractivity contribution in [2.45, 2.75) is 32.6 Å². The summed E-state index contributed by atoms with van der Waals surface area (Å²) in [6, 6.07) is 6.39. The minimum atomic E-state index is -0.465. The van der Waals surface area contributed by atoms with Crippen molar-refractivity contribution in [2.75, 3.05) is 20.2 Å². The molecule has 0 aliphatic heterocycles. The second kappa shape index (κ2) is 8.90. The van der Waals surface area contributed by atoms with Crippen molar-refractivity contribution in [3.8, 4) is 23.0 Å². The Kier molecular flexibility index (Phi) is 6.03. The van der Waals surface area contributed by atoms with Gasteiger partial charge >= 0.3 is 0 Å². The van der Waals surface area contributed by atoms with E-state index in [0.717, 1.165) is 24.1 Å². The lowest BCUT2D eigenvalue weighted by Crippen LogP contribution is -2.32. The van der Waals surface area contributed by atoms with E-state index in [9.17, 15) is 9.18 Å². The van der Waals surface area contributed by atoms with Gasteiger partial charge in [-0.25, -0.2) is 19.0 Å². The number of rotatable bonds is 8. The van der Waals surface area contributed by atoms with E-state index < -0.39 is 5.82 Å². The Morgan fingerprint density at radius 2 is 2.12 bits per heavy atom. The number of likely N-dealkylation sites (N-methyl/N-ethyl adjacent to an activating group) is 1. The van der Waals surface area contributed by atoms with Crippen molar-refractivity contribution in [3.05, 3.63) is 65.9 Å². The van der Waals surface area contributed by atoms with Crippen LogP contribution in [0.2, 0.25) is 0 Å². The Bertz CT molecular complexity index is 1170. The van der Waals surface area contributed by atoms with Gasteiger partial charge in [-0.05, 0) is 51.0 Å². The number of carbonyl (C=O) groups excluding carboxylic acids is 1. The molecule has 32 heavy (non-hydrogen) atoms. The maximum absolute atomic E-state index is 14.2. The summed E-state index contributed by atoms with van der Waals surface area (Å²) in [5.74, 6) is 0.225.